The molecule has 0 aliphatic carbocycles. The molecule has 0 amide bonds. The second-order valence-corrected chi connectivity index (χ2v) is 5.38. The van der Waals surface area contributed by atoms with Gasteiger partial charge in [0.25, 0.3) is 0 Å². The summed E-state index contributed by atoms with van der Waals surface area (Å²) in [7, 11) is 0. The summed E-state index contributed by atoms with van der Waals surface area (Å²) in [5, 5.41) is 9.24. The average Bonchev–Trinajstić information content (AvgIpc) is 2.56. The van der Waals surface area contributed by atoms with Crippen molar-refractivity contribution >= 4 is 17.7 Å². The minimum Gasteiger partial charge on any atom is -0.478 e. The summed E-state index contributed by atoms with van der Waals surface area (Å²) in [5.41, 5.74) is 2.70. The van der Waals surface area contributed by atoms with Gasteiger partial charge in [0.15, 0.2) is 0 Å². The van der Waals surface area contributed by atoms with Gasteiger partial charge in [0.05, 0.1) is 5.56 Å². The fourth-order valence-corrected chi connectivity index (χ4v) is 3.47. The molecule has 0 saturated carbocycles. The molecule has 2 nitrogen and oxygen atoms in total. The first-order valence-electron chi connectivity index (χ1n) is 5.86. The van der Waals surface area contributed by atoms with E-state index in [1.165, 1.54) is 10.5 Å². The number of hydrogen-bond acceptors (Lipinski definition) is 2. The van der Waals surface area contributed by atoms with E-state index in [1.807, 2.05) is 24.3 Å². The number of aryl methyl sites for hydroxylation is 1. The van der Waals surface area contributed by atoms with Gasteiger partial charge in [0.1, 0.15) is 0 Å². The van der Waals surface area contributed by atoms with E-state index in [0.717, 1.165) is 23.3 Å². The molecule has 2 aromatic rings. The number of carboxylic acids is 1. The van der Waals surface area contributed by atoms with E-state index in [1.54, 1.807) is 17.8 Å². The Bertz CT molecular complexity index is 620. The van der Waals surface area contributed by atoms with Gasteiger partial charge in [-0.1, -0.05) is 36.0 Å². The highest BCUT2D eigenvalue weighted by molar-refractivity contribution is 7.99. The third-order valence-electron chi connectivity index (χ3n) is 3.20. The molecule has 1 N–H and O–H groups in total. The maximum Gasteiger partial charge on any atom is 0.336 e. The Morgan fingerprint density at radius 1 is 1.00 bits per heavy atom. The Labute approximate surface area is 110 Å². The molecule has 3 rings (SSSR count). The summed E-state index contributed by atoms with van der Waals surface area (Å²) in [6.45, 7) is 0. The third-order valence-corrected chi connectivity index (χ3v) is 4.42. The van der Waals surface area contributed by atoms with Crippen molar-refractivity contribution in [2.45, 2.75) is 22.6 Å². The van der Waals surface area contributed by atoms with Crippen LogP contribution < -0.4 is 0 Å². The number of hydrogen-bond donors (Lipinski definition) is 1. The Hall–Kier alpha value is -1.74. The molecule has 0 spiro atoms. The molecule has 0 saturated heterocycles. The van der Waals surface area contributed by atoms with Crippen LogP contribution in [-0.2, 0) is 12.8 Å². The molecule has 0 unspecified atom stereocenters. The molecule has 0 atom stereocenters. The summed E-state index contributed by atoms with van der Waals surface area (Å²) < 4.78 is 0. The molecular formula is C15H12O2S. The van der Waals surface area contributed by atoms with E-state index < -0.39 is 5.97 Å². The zero-order chi connectivity index (χ0) is 12.5. The summed E-state index contributed by atoms with van der Waals surface area (Å²) in [5.74, 6) is -0.835. The van der Waals surface area contributed by atoms with Crippen molar-refractivity contribution in [1.82, 2.24) is 0 Å². The molecule has 0 bridgehead atoms. The first-order valence-corrected chi connectivity index (χ1v) is 6.68. The van der Waals surface area contributed by atoms with Crippen LogP contribution in [0.25, 0.3) is 0 Å². The van der Waals surface area contributed by atoms with Crippen LogP contribution >= 0.6 is 11.8 Å². The fourth-order valence-electron chi connectivity index (χ4n) is 2.31. The lowest BCUT2D eigenvalue weighted by Gasteiger charge is -2.08. The van der Waals surface area contributed by atoms with Crippen LogP contribution in [-0.4, -0.2) is 11.1 Å². The molecule has 3 heteroatoms. The van der Waals surface area contributed by atoms with Gasteiger partial charge in [-0.15, -0.1) is 0 Å². The van der Waals surface area contributed by atoms with Crippen molar-refractivity contribution < 1.29 is 9.90 Å². The second kappa shape index (κ2) is 4.50. The number of aromatic carboxylic acids is 1. The van der Waals surface area contributed by atoms with E-state index in [4.69, 9.17) is 0 Å². The van der Waals surface area contributed by atoms with Gasteiger partial charge < -0.3 is 5.11 Å². The summed E-state index contributed by atoms with van der Waals surface area (Å²) in [6.07, 6.45) is 1.70. The smallest absolute Gasteiger partial charge is 0.336 e. The van der Waals surface area contributed by atoms with Gasteiger partial charge >= 0.3 is 5.97 Å². The molecule has 2 aromatic carbocycles. The molecule has 0 radical (unpaired) electrons. The van der Waals surface area contributed by atoms with Crippen molar-refractivity contribution in [3.8, 4) is 0 Å². The minimum absolute atomic E-state index is 0.438. The van der Waals surface area contributed by atoms with E-state index in [9.17, 15) is 9.90 Å². The van der Waals surface area contributed by atoms with Gasteiger partial charge in [-0.3, -0.25) is 0 Å². The normalized spacial score (nSPS) is 13.3. The van der Waals surface area contributed by atoms with E-state index in [-0.39, 0.29) is 0 Å². The monoisotopic (exact) mass is 256 g/mol. The lowest BCUT2D eigenvalue weighted by atomic mass is 10.00. The number of carboxylic acid groups (broad SMARTS) is 1. The van der Waals surface area contributed by atoms with Gasteiger partial charge in [-0.25, -0.2) is 4.79 Å². The predicted octanol–water partition coefficient (Wildman–Crippen LogP) is 3.63. The molecular weight excluding hydrogens is 244 g/mol. The van der Waals surface area contributed by atoms with E-state index in [0.29, 0.717) is 5.56 Å². The third kappa shape index (κ3) is 1.91. The Balaban J connectivity index is 2.12. The van der Waals surface area contributed by atoms with Gasteiger partial charge in [-0.2, -0.15) is 0 Å². The van der Waals surface area contributed by atoms with Crippen LogP contribution in [0, 0.1) is 0 Å². The van der Waals surface area contributed by atoms with Gasteiger partial charge in [0.2, 0.25) is 0 Å². The van der Waals surface area contributed by atoms with Crippen LogP contribution in [0.4, 0.5) is 0 Å². The fraction of sp³-hybridized carbons (Fsp3) is 0.133. The highest BCUT2D eigenvalue weighted by Crippen LogP contribution is 2.38. The molecule has 1 heterocycles. The van der Waals surface area contributed by atoms with Gasteiger partial charge in [0, 0.05) is 9.79 Å². The number of benzene rings is 2. The standard InChI is InChI=1S/C15H12O2S/c16-15(17)12-5-3-7-14-11(12)9-8-10-4-1-2-6-13(10)18-14/h1-7H,8-9H2,(H,16,17). The lowest BCUT2D eigenvalue weighted by molar-refractivity contribution is 0.0695. The first kappa shape index (κ1) is 11.4. The number of fused-ring (bicyclic) bond motifs is 2. The molecule has 1 aliphatic rings. The van der Waals surface area contributed by atoms with E-state index >= 15 is 0 Å². The molecule has 0 aromatic heterocycles. The highest BCUT2D eigenvalue weighted by Gasteiger charge is 2.18. The lowest BCUT2D eigenvalue weighted by Crippen LogP contribution is -2.04. The van der Waals surface area contributed by atoms with Crippen LogP contribution in [0.5, 0.6) is 0 Å². The first-order chi connectivity index (χ1) is 8.75. The van der Waals surface area contributed by atoms with Crippen LogP contribution in [0.3, 0.4) is 0 Å². The second-order valence-electron chi connectivity index (χ2n) is 4.30. The van der Waals surface area contributed by atoms with Crippen LogP contribution in [0.15, 0.2) is 52.3 Å². The van der Waals surface area contributed by atoms with Crippen molar-refractivity contribution in [2.24, 2.45) is 0 Å². The molecule has 18 heavy (non-hydrogen) atoms. The van der Waals surface area contributed by atoms with Crippen molar-refractivity contribution in [2.75, 3.05) is 0 Å². The molecule has 1 aliphatic heterocycles. The minimum atomic E-state index is -0.835. The van der Waals surface area contributed by atoms with Crippen LogP contribution in [0.1, 0.15) is 21.5 Å². The predicted molar refractivity (Wildman–Crippen MR) is 71.4 cm³/mol. The van der Waals surface area contributed by atoms with Crippen molar-refractivity contribution in [3.05, 3.63) is 59.2 Å². The quantitative estimate of drug-likeness (QED) is 0.846. The topological polar surface area (TPSA) is 37.3 Å². The molecule has 90 valence electrons. The Morgan fingerprint density at radius 2 is 1.78 bits per heavy atom. The average molecular weight is 256 g/mol. The summed E-state index contributed by atoms with van der Waals surface area (Å²) >= 11 is 1.67. The highest BCUT2D eigenvalue weighted by atomic mass is 32.2. The van der Waals surface area contributed by atoms with Crippen molar-refractivity contribution in [1.29, 1.82) is 0 Å². The number of rotatable bonds is 1. The Kier molecular flexibility index (Phi) is 2.84. The Morgan fingerprint density at radius 3 is 2.61 bits per heavy atom. The van der Waals surface area contributed by atoms with Crippen LogP contribution in [0.2, 0.25) is 0 Å². The van der Waals surface area contributed by atoms with Gasteiger partial charge in [-0.05, 0) is 42.2 Å². The summed E-state index contributed by atoms with van der Waals surface area (Å²) in [4.78, 5) is 13.6. The maximum atomic E-state index is 11.2. The zero-order valence-corrected chi connectivity index (χ0v) is 10.5. The maximum absolute atomic E-state index is 11.2. The summed E-state index contributed by atoms with van der Waals surface area (Å²) in [6, 6.07) is 13.8. The molecule has 0 fully saturated rings. The number of carbonyl (C=O) groups is 1. The largest absolute Gasteiger partial charge is 0.478 e. The van der Waals surface area contributed by atoms with E-state index in [2.05, 4.69) is 12.1 Å². The zero-order valence-electron chi connectivity index (χ0n) is 9.72. The van der Waals surface area contributed by atoms with Crippen molar-refractivity contribution in [3.63, 3.8) is 0 Å². The SMILES string of the molecule is O=C(O)c1cccc2c1CCc1ccccc1S2.